The van der Waals surface area contributed by atoms with Crippen LogP contribution in [0.1, 0.15) is 38.7 Å². The first kappa shape index (κ1) is 14.6. The SMILES string of the molecule is CCOc1cccc(/C=C/C(=O)N2CCCC[C@H]2C)c1. The summed E-state index contributed by atoms with van der Waals surface area (Å²) in [4.78, 5) is 14.2. The molecule has 2 rings (SSSR count). The van der Waals surface area contributed by atoms with Gasteiger partial charge < -0.3 is 9.64 Å². The van der Waals surface area contributed by atoms with E-state index in [-0.39, 0.29) is 5.91 Å². The Kier molecular flexibility index (Phi) is 5.22. The van der Waals surface area contributed by atoms with Gasteiger partial charge in [-0.1, -0.05) is 12.1 Å². The van der Waals surface area contributed by atoms with Crippen molar-refractivity contribution in [3.05, 3.63) is 35.9 Å². The van der Waals surface area contributed by atoms with E-state index in [1.807, 2.05) is 42.2 Å². The second kappa shape index (κ2) is 7.13. The number of likely N-dealkylation sites (tertiary alicyclic amines) is 1. The molecule has 1 aliphatic rings. The van der Waals surface area contributed by atoms with E-state index in [2.05, 4.69) is 6.92 Å². The molecule has 1 amide bonds. The summed E-state index contributed by atoms with van der Waals surface area (Å²) in [6.07, 6.45) is 6.99. The fraction of sp³-hybridized carbons (Fsp3) is 0.471. The quantitative estimate of drug-likeness (QED) is 0.786. The zero-order chi connectivity index (χ0) is 14.4. The van der Waals surface area contributed by atoms with Crippen molar-refractivity contribution >= 4 is 12.0 Å². The summed E-state index contributed by atoms with van der Waals surface area (Å²) in [5.74, 6) is 0.951. The monoisotopic (exact) mass is 273 g/mol. The van der Waals surface area contributed by atoms with Crippen molar-refractivity contribution in [3.63, 3.8) is 0 Å². The van der Waals surface area contributed by atoms with Gasteiger partial charge in [0.25, 0.3) is 0 Å². The fourth-order valence-corrected chi connectivity index (χ4v) is 2.56. The Morgan fingerprint density at radius 3 is 3.05 bits per heavy atom. The van der Waals surface area contributed by atoms with E-state index in [9.17, 15) is 4.79 Å². The van der Waals surface area contributed by atoms with E-state index in [1.54, 1.807) is 6.08 Å². The Bertz CT molecular complexity index is 482. The highest BCUT2D eigenvalue weighted by Gasteiger charge is 2.20. The number of ether oxygens (including phenoxy) is 1. The molecule has 0 saturated carbocycles. The maximum Gasteiger partial charge on any atom is 0.246 e. The van der Waals surface area contributed by atoms with Gasteiger partial charge in [-0.2, -0.15) is 0 Å². The van der Waals surface area contributed by atoms with Crippen LogP contribution in [0.2, 0.25) is 0 Å². The average molecular weight is 273 g/mol. The predicted molar refractivity (Wildman–Crippen MR) is 81.7 cm³/mol. The van der Waals surface area contributed by atoms with Crippen molar-refractivity contribution in [2.45, 2.75) is 39.2 Å². The molecule has 1 aromatic rings. The van der Waals surface area contributed by atoms with Crippen LogP contribution in [0.5, 0.6) is 5.75 Å². The third-order valence-corrected chi connectivity index (χ3v) is 3.67. The van der Waals surface area contributed by atoms with E-state index in [1.165, 1.54) is 6.42 Å². The molecule has 3 heteroatoms. The van der Waals surface area contributed by atoms with Gasteiger partial charge in [0.15, 0.2) is 0 Å². The van der Waals surface area contributed by atoms with E-state index in [4.69, 9.17) is 4.74 Å². The number of hydrogen-bond donors (Lipinski definition) is 0. The molecule has 1 aliphatic heterocycles. The first-order chi connectivity index (χ1) is 9.70. The molecule has 1 fully saturated rings. The average Bonchev–Trinajstić information content (AvgIpc) is 2.46. The van der Waals surface area contributed by atoms with Gasteiger partial charge in [-0.3, -0.25) is 4.79 Å². The molecule has 0 radical (unpaired) electrons. The van der Waals surface area contributed by atoms with Crippen LogP contribution in [0.3, 0.4) is 0 Å². The minimum Gasteiger partial charge on any atom is -0.494 e. The number of hydrogen-bond acceptors (Lipinski definition) is 2. The summed E-state index contributed by atoms with van der Waals surface area (Å²) in [6, 6.07) is 8.16. The highest BCUT2D eigenvalue weighted by atomic mass is 16.5. The first-order valence-corrected chi connectivity index (χ1v) is 7.42. The van der Waals surface area contributed by atoms with E-state index < -0.39 is 0 Å². The molecule has 0 N–H and O–H groups in total. The standard InChI is InChI=1S/C17H23NO2/c1-3-20-16-9-6-8-15(13-16)10-11-17(19)18-12-5-4-7-14(18)2/h6,8-11,13-14H,3-5,7,12H2,1-2H3/b11-10+/t14-/m1/s1. The summed E-state index contributed by atoms with van der Waals surface area (Å²) >= 11 is 0. The third kappa shape index (κ3) is 3.86. The molecule has 0 unspecified atom stereocenters. The summed E-state index contributed by atoms with van der Waals surface area (Å²) in [6.45, 7) is 5.62. The number of amides is 1. The smallest absolute Gasteiger partial charge is 0.246 e. The van der Waals surface area contributed by atoms with Gasteiger partial charge in [0.1, 0.15) is 5.75 Å². The minimum absolute atomic E-state index is 0.110. The molecule has 1 aromatic carbocycles. The Morgan fingerprint density at radius 1 is 1.45 bits per heavy atom. The van der Waals surface area contributed by atoms with E-state index in [0.717, 1.165) is 30.7 Å². The molecule has 0 aromatic heterocycles. The van der Waals surface area contributed by atoms with Crippen molar-refractivity contribution in [2.24, 2.45) is 0 Å². The van der Waals surface area contributed by atoms with Crippen LogP contribution in [0.4, 0.5) is 0 Å². The van der Waals surface area contributed by atoms with Crippen LogP contribution in [0.15, 0.2) is 30.3 Å². The fourth-order valence-electron chi connectivity index (χ4n) is 2.56. The third-order valence-electron chi connectivity index (χ3n) is 3.67. The summed E-state index contributed by atoms with van der Waals surface area (Å²) in [5, 5.41) is 0. The van der Waals surface area contributed by atoms with Gasteiger partial charge in [0.2, 0.25) is 5.91 Å². The molecule has 1 atom stereocenters. The van der Waals surface area contributed by atoms with Crippen LogP contribution in [-0.2, 0) is 4.79 Å². The van der Waals surface area contributed by atoms with Gasteiger partial charge in [0.05, 0.1) is 6.61 Å². The van der Waals surface area contributed by atoms with Crippen molar-refractivity contribution in [1.29, 1.82) is 0 Å². The van der Waals surface area contributed by atoms with Gasteiger partial charge in [0, 0.05) is 18.7 Å². The molecular weight excluding hydrogens is 250 g/mol. The molecule has 0 bridgehead atoms. The molecule has 3 nitrogen and oxygen atoms in total. The van der Waals surface area contributed by atoms with Gasteiger partial charge in [-0.15, -0.1) is 0 Å². The van der Waals surface area contributed by atoms with Crippen molar-refractivity contribution < 1.29 is 9.53 Å². The van der Waals surface area contributed by atoms with Crippen molar-refractivity contribution in [2.75, 3.05) is 13.2 Å². The number of carbonyl (C=O) groups excluding carboxylic acids is 1. The minimum atomic E-state index is 0.110. The first-order valence-electron chi connectivity index (χ1n) is 7.42. The second-order valence-electron chi connectivity index (χ2n) is 5.22. The molecule has 0 spiro atoms. The molecule has 20 heavy (non-hydrogen) atoms. The van der Waals surface area contributed by atoms with Gasteiger partial charge in [-0.05, 0) is 56.9 Å². The summed E-state index contributed by atoms with van der Waals surface area (Å²) < 4.78 is 5.46. The lowest BCUT2D eigenvalue weighted by molar-refractivity contribution is -0.129. The zero-order valence-electron chi connectivity index (χ0n) is 12.3. The van der Waals surface area contributed by atoms with E-state index >= 15 is 0 Å². The van der Waals surface area contributed by atoms with Crippen LogP contribution in [0.25, 0.3) is 6.08 Å². The second-order valence-corrected chi connectivity index (χ2v) is 5.22. The molecular formula is C17H23NO2. The molecule has 108 valence electrons. The number of carbonyl (C=O) groups is 1. The van der Waals surface area contributed by atoms with E-state index in [0.29, 0.717) is 12.6 Å². The van der Waals surface area contributed by atoms with Gasteiger partial charge in [-0.25, -0.2) is 0 Å². The summed E-state index contributed by atoms with van der Waals surface area (Å²) in [5.41, 5.74) is 0.994. The highest BCUT2D eigenvalue weighted by molar-refractivity contribution is 5.92. The van der Waals surface area contributed by atoms with Crippen LogP contribution < -0.4 is 4.74 Å². The highest BCUT2D eigenvalue weighted by Crippen LogP contribution is 2.18. The van der Waals surface area contributed by atoms with Gasteiger partial charge >= 0.3 is 0 Å². The number of nitrogens with zero attached hydrogens (tertiary/aromatic N) is 1. The number of benzene rings is 1. The molecule has 1 heterocycles. The van der Waals surface area contributed by atoms with Crippen molar-refractivity contribution in [1.82, 2.24) is 4.90 Å². The van der Waals surface area contributed by atoms with Crippen LogP contribution in [0, 0.1) is 0 Å². The Morgan fingerprint density at radius 2 is 2.30 bits per heavy atom. The number of piperidine rings is 1. The van der Waals surface area contributed by atoms with Crippen LogP contribution in [-0.4, -0.2) is 30.0 Å². The topological polar surface area (TPSA) is 29.5 Å². The summed E-state index contributed by atoms with van der Waals surface area (Å²) in [7, 11) is 0. The van der Waals surface area contributed by atoms with Crippen LogP contribution >= 0.6 is 0 Å². The lowest BCUT2D eigenvalue weighted by Crippen LogP contribution is -2.41. The van der Waals surface area contributed by atoms with Crippen molar-refractivity contribution in [3.8, 4) is 5.75 Å². The lowest BCUT2D eigenvalue weighted by Gasteiger charge is -2.32. The lowest BCUT2D eigenvalue weighted by atomic mass is 10.0. The number of rotatable bonds is 4. The Labute approximate surface area is 121 Å². The molecule has 0 aliphatic carbocycles. The molecule has 1 saturated heterocycles. The Hall–Kier alpha value is -1.77. The zero-order valence-corrected chi connectivity index (χ0v) is 12.3. The predicted octanol–water partition coefficient (Wildman–Crippen LogP) is 3.50. The Balaban J connectivity index is 2.01. The largest absolute Gasteiger partial charge is 0.494 e. The normalized spacial score (nSPS) is 19.3. The maximum atomic E-state index is 12.2. The maximum absolute atomic E-state index is 12.2.